The molecule has 3 rings (SSSR count). The summed E-state index contributed by atoms with van der Waals surface area (Å²) in [7, 11) is 0. The molecule has 172 valence electrons. The molecule has 3 aromatic heterocycles. The number of hydrogen-bond acceptors (Lipinski definition) is 8. The number of nitrogens with one attached hydrogen (secondary N) is 1. The third kappa shape index (κ3) is 4.81. The molecule has 0 radical (unpaired) electrons. The first-order valence-corrected chi connectivity index (χ1v) is 10.6. The number of nitrogen functional groups attached to an aromatic ring is 1. The second kappa shape index (κ2) is 9.09. The lowest BCUT2D eigenvalue weighted by molar-refractivity contribution is -0.115. The van der Waals surface area contributed by atoms with Crippen molar-refractivity contribution in [1.82, 2.24) is 19.9 Å². The van der Waals surface area contributed by atoms with Crippen LogP contribution in [0.15, 0.2) is 28.9 Å². The van der Waals surface area contributed by atoms with E-state index < -0.39 is 6.23 Å². The molecule has 0 fully saturated rings. The van der Waals surface area contributed by atoms with Gasteiger partial charge in [-0.2, -0.15) is 5.10 Å². The first-order valence-electron chi connectivity index (χ1n) is 10.6. The van der Waals surface area contributed by atoms with E-state index in [1.54, 1.807) is 29.1 Å². The fourth-order valence-electron chi connectivity index (χ4n) is 3.21. The van der Waals surface area contributed by atoms with E-state index in [-0.39, 0.29) is 23.8 Å². The topological polar surface area (TPSA) is 158 Å². The molecule has 32 heavy (non-hydrogen) atoms. The van der Waals surface area contributed by atoms with Gasteiger partial charge >= 0.3 is 0 Å². The van der Waals surface area contributed by atoms with Crippen molar-refractivity contribution in [2.45, 2.75) is 65.1 Å². The lowest BCUT2D eigenvalue weighted by atomic mass is 9.87. The van der Waals surface area contributed by atoms with Crippen LogP contribution in [0.5, 0.6) is 0 Å². The Morgan fingerprint density at radius 1 is 1.34 bits per heavy atom. The second-order valence-electron chi connectivity index (χ2n) is 8.71. The van der Waals surface area contributed by atoms with Crippen LogP contribution in [0.2, 0.25) is 0 Å². The highest BCUT2D eigenvalue weighted by molar-refractivity contribution is 5.90. The number of aromatic nitrogens is 4. The molecular formula is C22H31N7O3. The Kier molecular flexibility index (Phi) is 6.65. The molecule has 6 N–H and O–H groups in total. The van der Waals surface area contributed by atoms with E-state index in [2.05, 4.69) is 41.3 Å². The van der Waals surface area contributed by atoms with Gasteiger partial charge < -0.3 is 21.1 Å². The van der Waals surface area contributed by atoms with Gasteiger partial charge in [-0.1, -0.05) is 25.9 Å². The zero-order valence-electron chi connectivity index (χ0n) is 19.1. The van der Waals surface area contributed by atoms with Crippen LogP contribution in [0.1, 0.15) is 70.3 Å². The molecule has 1 atom stereocenters. The van der Waals surface area contributed by atoms with E-state index in [1.807, 2.05) is 13.8 Å². The molecule has 0 aromatic carbocycles. The molecule has 10 nitrogen and oxygen atoms in total. The molecule has 3 heterocycles. The number of hydrogen-bond donors (Lipinski definition) is 4. The summed E-state index contributed by atoms with van der Waals surface area (Å²) in [5.41, 5.74) is 14.5. The van der Waals surface area contributed by atoms with Crippen LogP contribution in [0, 0.1) is 0 Å². The van der Waals surface area contributed by atoms with Gasteiger partial charge in [-0.15, -0.1) is 0 Å². The van der Waals surface area contributed by atoms with E-state index in [4.69, 9.17) is 16.0 Å². The molecule has 1 unspecified atom stereocenters. The Bertz CT molecular complexity index is 1080. The number of rotatable bonds is 8. The van der Waals surface area contributed by atoms with Crippen molar-refractivity contribution in [3.8, 4) is 11.3 Å². The van der Waals surface area contributed by atoms with E-state index in [9.17, 15) is 9.90 Å². The van der Waals surface area contributed by atoms with Gasteiger partial charge in [0.2, 0.25) is 11.8 Å². The summed E-state index contributed by atoms with van der Waals surface area (Å²) in [6.45, 7) is 10.1. The number of nitrogens with zero attached hydrogens (tertiary/aromatic N) is 4. The SMILES string of the molecule is CCC(C)(C)c1cc(NC(=O)Cc2ccc(-c3nn(C(C)C)c(N)c3C(N)O)cn2)on1. The predicted octanol–water partition coefficient (Wildman–Crippen LogP) is 2.91. The smallest absolute Gasteiger partial charge is 0.232 e. The standard InChI is InChI=1S/C22H31N7O3/c1-6-22(4,5)15-10-17(32-28-15)26-16(30)9-14-8-7-13(11-25-14)19-18(21(24)31)20(23)29(27-19)12(2)3/h7-8,10-12,21,31H,6,9,23-24H2,1-5H3,(H,26,30). The summed E-state index contributed by atoms with van der Waals surface area (Å²) in [4.78, 5) is 16.8. The number of pyridine rings is 1. The van der Waals surface area contributed by atoms with Gasteiger partial charge in [-0.25, -0.2) is 4.68 Å². The molecular weight excluding hydrogens is 410 g/mol. The van der Waals surface area contributed by atoms with E-state index in [0.717, 1.165) is 12.1 Å². The maximum Gasteiger partial charge on any atom is 0.232 e. The Balaban J connectivity index is 1.73. The average Bonchev–Trinajstić information content (AvgIpc) is 3.33. The normalized spacial score (nSPS) is 12.9. The van der Waals surface area contributed by atoms with E-state index in [1.165, 1.54) is 0 Å². The summed E-state index contributed by atoms with van der Waals surface area (Å²) in [6, 6.07) is 5.23. The summed E-state index contributed by atoms with van der Waals surface area (Å²) in [5, 5.41) is 21.2. The second-order valence-corrected chi connectivity index (χ2v) is 8.71. The van der Waals surface area contributed by atoms with Gasteiger partial charge in [0.25, 0.3) is 0 Å². The molecule has 0 spiro atoms. The number of aliphatic hydroxyl groups excluding tert-OH is 1. The number of aliphatic hydroxyl groups is 1. The van der Waals surface area contributed by atoms with Gasteiger partial charge in [0.15, 0.2) is 0 Å². The average molecular weight is 442 g/mol. The maximum absolute atomic E-state index is 12.4. The molecule has 0 aliphatic carbocycles. The zero-order chi connectivity index (χ0) is 23.6. The molecule has 10 heteroatoms. The summed E-state index contributed by atoms with van der Waals surface area (Å²) < 4.78 is 6.85. The van der Waals surface area contributed by atoms with Crippen LogP contribution in [0.25, 0.3) is 11.3 Å². The third-order valence-corrected chi connectivity index (χ3v) is 5.56. The van der Waals surface area contributed by atoms with Gasteiger partial charge in [0.1, 0.15) is 17.7 Å². The lowest BCUT2D eigenvalue weighted by Crippen LogP contribution is -2.16. The van der Waals surface area contributed by atoms with Crippen molar-refractivity contribution in [2.24, 2.45) is 5.73 Å². The van der Waals surface area contributed by atoms with Crippen molar-refractivity contribution >= 4 is 17.6 Å². The minimum atomic E-state index is -1.27. The van der Waals surface area contributed by atoms with Crippen LogP contribution in [-0.4, -0.2) is 30.9 Å². The molecule has 0 saturated carbocycles. The number of carbonyl (C=O) groups is 1. The van der Waals surface area contributed by atoms with Crippen molar-refractivity contribution in [1.29, 1.82) is 0 Å². The molecule has 0 bridgehead atoms. The number of anilines is 2. The Morgan fingerprint density at radius 3 is 2.62 bits per heavy atom. The van der Waals surface area contributed by atoms with E-state index in [0.29, 0.717) is 34.2 Å². The van der Waals surface area contributed by atoms with Gasteiger partial charge in [0.05, 0.1) is 17.7 Å². The molecule has 1 amide bonds. The summed E-state index contributed by atoms with van der Waals surface area (Å²) in [6.07, 6.45) is 1.26. The third-order valence-electron chi connectivity index (χ3n) is 5.56. The van der Waals surface area contributed by atoms with Crippen LogP contribution < -0.4 is 16.8 Å². The van der Waals surface area contributed by atoms with Crippen molar-refractivity contribution in [2.75, 3.05) is 11.1 Å². The lowest BCUT2D eigenvalue weighted by Gasteiger charge is -2.18. The summed E-state index contributed by atoms with van der Waals surface area (Å²) >= 11 is 0. The van der Waals surface area contributed by atoms with Crippen molar-refractivity contribution < 1.29 is 14.4 Å². The molecule has 0 saturated heterocycles. The quantitative estimate of drug-likeness (QED) is 0.388. The molecule has 0 aliphatic heterocycles. The van der Waals surface area contributed by atoms with Crippen molar-refractivity contribution in [3.05, 3.63) is 41.3 Å². The molecule has 0 aliphatic rings. The zero-order valence-corrected chi connectivity index (χ0v) is 19.1. The first-order chi connectivity index (χ1) is 15.0. The monoisotopic (exact) mass is 441 g/mol. The highest BCUT2D eigenvalue weighted by Gasteiger charge is 2.24. The summed E-state index contributed by atoms with van der Waals surface area (Å²) in [5.74, 6) is 0.346. The first kappa shape index (κ1) is 23.4. The Morgan fingerprint density at radius 2 is 2.06 bits per heavy atom. The van der Waals surface area contributed by atoms with Crippen LogP contribution in [-0.2, 0) is 16.6 Å². The highest BCUT2D eigenvalue weighted by Crippen LogP contribution is 2.32. The number of amides is 1. The fourth-order valence-corrected chi connectivity index (χ4v) is 3.21. The molecule has 3 aromatic rings. The van der Waals surface area contributed by atoms with Gasteiger partial charge in [-0.3, -0.25) is 15.1 Å². The van der Waals surface area contributed by atoms with Gasteiger partial charge in [0, 0.05) is 35.0 Å². The predicted molar refractivity (Wildman–Crippen MR) is 122 cm³/mol. The highest BCUT2D eigenvalue weighted by atomic mass is 16.5. The Hall–Kier alpha value is -3.24. The minimum Gasteiger partial charge on any atom is -0.384 e. The number of nitrogens with two attached hydrogens (primary N) is 2. The number of carbonyl (C=O) groups excluding carboxylic acids is 1. The van der Waals surface area contributed by atoms with Crippen LogP contribution >= 0.6 is 0 Å². The van der Waals surface area contributed by atoms with Crippen LogP contribution in [0.3, 0.4) is 0 Å². The minimum absolute atomic E-state index is 0.00307. The van der Waals surface area contributed by atoms with Crippen molar-refractivity contribution in [3.63, 3.8) is 0 Å². The van der Waals surface area contributed by atoms with E-state index >= 15 is 0 Å². The Labute approximate surface area is 187 Å². The maximum atomic E-state index is 12.4. The van der Waals surface area contributed by atoms with Gasteiger partial charge in [-0.05, 0) is 32.4 Å². The van der Waals surface area contributed by atoms with Crippen LogP contribution in [0.4, 0.5) is 11.7 Å². The fraction of sp³-hybridized carbons (Fsp3) is 0.455. The largest absolute Gasteiger partial charge is 0.384 e.